The van der Waals surface area contributed by atoms with Gasteiger partial charge in [0.1, 0.15) is 0 Å². The number of benzene rings is 1. The second-order valence-corrected chi connectivity index (χ2v) is 5.87. The van der Waals surface area contributed by atoms with Crippen molar-refractivity contribution in [1.29, 1.82) is 0 Å². The van der Waals surface area contributed by atoms with Crippen molar-refractivity contribution < 1.29 is 9.47 Å². The Hall–Kier alpha value is -0.700. The summed E-state index contributed by atoms with van der Waals surface area (Å²) in [6.45, 7) is 5.00. The van der Waals surface area contributed by atoms with Crippen LogP contribution in [0.15, 0.2) is 18.2 Å². The van der Waals surface area contributed by atoms with Crippen LogP contribution in [0.3, 0.4) is 0 Å². The fourth-order valence-electron chi connectivity index (χ4n) is 2.58. The molecule has 1 saturated carbocycles. The van der Waals surface area contributed by atoms with Gasteiger partial charge in [-0.05, 0) is 44.6 Å². The summed E-state index contributed by atoms with van der Waals surface area (Å²) in [7, 11) is 0. The molecule has 0 amide bonds. The van der Waals surface area contributed by atoms with Gasteiger partial charge in [0.05, 0.1) is 12.7 Å². The quantitative estimate of drug-likeness (QED) is 0.713. The molecule has 0 saturated heterocycles. The molecule has 3 heteroatoms. The van der Waals surface area contributed by atoms with Crippen molar-refractivity contribution in [2.45, 2.75) is 51.0 Å². The van der Waals surface area contributed by atoms with Crippen molar-refractivity contribution in [3.8, 4) is 11.5 Å². The first-order valence-electron chi connectivity index (χ1n) is 7.21. The predicted molar refractivity (Wildman–Crippen MR) is 82.3 cm³/mol. The molecule has 0 N–H and O–H groups in total. The van der Waals surface area contributed by atoms with E-state index < -0.39 is 0 Å². The Morgan fingerprint density at radius 1 is 1.21 bits per heavy atom. The van der Waals surface area contributed by atoms with Crippen molar-refractivity contribution >= 4 is 15.9 Å². The summed E-state index contributed by atoms with van der Waals surface area (Å²) in [5, 5.41) is 0.798. The first-order valence-corrected chi connectivity index (χ1v) is 8.34. The molecular weight excluding hydrogens is 304 g/mol. The van der Waals surface area contributed by atoms with Crippen LogP contribution >= 0.6 is 15.9 Å². The van der Waals surface area contributed by atoms with Gasteiger partial charge in [0.25, 0.3) is 0 Å². The Balaban J connectivity index is 2.12. The molecule has 2 nitrogen and oxygen atoms in total. The summed E-state index contributed by atoms with van der Waals surface area (Å²) in [5.74, 6) is 2.65. The molecule has 106 valence electrons. The van der Waals surface area contributed by atoms with Crippen LogP contribution in [0.25, 0.3) is 0 Å². The summed E-state index contributed by atoms with van der Waals surface area (Å²) in [6, 6.07) is 6.12. The minimum absolute atomic E-state index is 0.343. The van der Waals surface area contributed by atoms with Crippen LogP contribution in [0.2, 0.25) is 0 Å². The SMILES string of the molecule is CCOc1cccc(CBr)c1OC1CCC(C)CC1. The average Bonchev–Trinajstić information content (AvgIpc) is 2.43. The molecule has 0 bridgehead atoms. The van der Waals surface area contributed by atoms with E-state index >= 15 is 0 Å². The lowest BCUT2D eigenvalue weighted by molar-refractivity contribution is 0.129. The predicted octanol–water partition coefficient (Wildman–Crippen LogP) is 4.94. The molecule has 1 fully saturated rings. The molecule has 1 aliphatic carbocycles. The van der Waals surface area contributed by atoms with Crippen molar-refractivity contribution in [2.24, 2.45) is 5.92 Å². The van der Waals surface area contributed by atoms with Gasteiger partial charge >= 0.3 is 0 Å². The van der Waals surface area contributed by atoms with Crippen LogP contribution in [-0.2, 0) is 5.33 Å². The molecule has 1 aromatic carbocycles. The fourth-order valence-corrected chi connectivity index (χ4v) is 3.03. The number of hydrogen-bond donors (Lipinski definition) is 0. The number of rotatable bonds is 5. The highest BCUT2D eigenvalue weighted by Crippen LogP contribution is 2.36. The Kier molecular flexibility index (Phi) is 5.56. The van der Waals surface area contributed by atoms with Crippen molar-refractivity contribution in [1.82, 2.24) is 0 Å². The molecule has 0 unspecified atom stereocenters. The molecule has 0 aromatic heterocycles. The highest BCUT2D eigenvalue weighted by atomic mass is 79.9. The minimum atomic E-state index is 0.343. The number of ether oxygens (including phenoxy) is 2. The fraction of sp³-hybridized carbons (Fsp3) is 0.625. The van der Waals surface area contributed by atoms with E-state index in [0.29, 0.717) is 12.7 Å². The monoisotopic (exact) mass is 326 g/mol. The third-order valence-electron chi connectivity index (χ3n) is 3.75. The average molecular weight is 327 g/mol. The van der Waals surface area contributed by atoms with Gasteiger partial charge in [-0.1, -0.05) is 35.0 Å². The van der Waals surface area contributed by atoms with Crippen LogP contribution in [0.4, 0.5) is 0 Å². The summed E-state index contributed by atoms with van der Waals surface area (Å²) in [6.07, 6.45) is 5.19. The largest absolute Gasteiger partial charge is 0.490 e. The van der Waals surface area contributed by atoms with E-state index in [2.05, 4.69) is 28.9 Å². The summed E-state index contributed by atoms with van der Waals surface area (Å²) in [5.41, 5.74) is 1.17. The van der Waals surface area contributed by atoms with E-state index in [1.807, 2.05) is 19.1 Å². The molecule has 1 aromatic rings. The number of hydrogen-bond acceptors (Lipinski definition) is 2. The topological polar surface area (TPSA) is 18.5 Å². The summed E-state index contributed by atoms with van der Waals surface area (Å²) >= 11 is 3.53. The molecule has 2 rings (SSSR count). The maximum atomic E-state index is 6.25. The smallest absolute Gasteiger partial charge is 0.165 e. The lowest BCUT2D eigenvalue weighted by Gasteiger charge is -2.28. The first kappa shape index (κ1) is 14.7. The van der Waals surface area contributed by atoms with Crippen LogP contribution in [0.1, 0.15) is 45.1 Å². The van der Waals surface area contributed by atoms with E-state index in [0.717, 1.165) is 35.6 Å². The van der Waals surface area contributed by atoms with Crippen LogP contribution in [0.5, 0.6) is 11.5 Å². The minimum Gasteiger partial charge on any atom is -0.490 e. The highest BCUT2D eigenvalue weighted by molar-refractivity contribution is 9.08. The van der Waals surface area contributed by atoms with E-state index in [4.69, 9.17) is 9.47 Å². The van der Waals surface area contributed by atoms with Gasteiger partial charge in [-0.3, -0.25) is 0 Å². The third kappa shape index (κ3) is 3.88. The third-order valence-corrected chi connectivity index (χ3v) is 4.36. The van der Waals surface area contributed by atoms with E-state index in [1.54, 1.807) is 0 Å². The molecule has 0 heterocycles. The molecule has 0 atom stereocenters. The van der Waals surface area contributed by atoms with Crippen LogP contribution in [0, 0.1) is 5.92 Å². The summed E-state index contributed by atoms with van der Waals surface area (Å²) in [4.78, 5) is 0. The Morgan fingerprint density at radius 2 is 1.95 bits per heavy atom. The Labute approximate surface area is 124 Å². The highest BCUT2D eigenvalue weighted by Gasteiger charge is 2.22. The van der Waals surface area contributed by atoms with Crippen molar-refractivity contribution in [3.05, 3.63) is 23.8 Å². The molecule has 0 radical (unpaired) electrons. The molecule has 0 aliphatic heterocycles. The van der Waals surface area contributed by atoms with Gasteiger partial charge in [0, 0.05) is 10.9 Å². The van der Waals surface area contributed by atoms with Gasteiger partial charge in [-0.2, -0.15) is 0 Å². The van der Waals surface area contributed by atoms with Gasteiger partial charge in [-0.15, -0.1) is 0 Å². The summed E-state index contributed by atoms with van der Waals surface area (Å²) < 4.78 is 12.0. The van der Waals surface area contributed by atoms with Crippen LogP contribution < -0.4 is 9.47 Å². The first-order chi connectivity index (χ1) is 9.24. The van der Waals surface area contributed by atoms with Gasteiger partial charge < -0.3 is 9.47 Å². The van der Waals surface area contributed by atoms with Gasteiger partial charge in [0.15, 0.2) is 11.5 Å². The maximum Gasteiger partial charge on any atom is 0.165 e. The zero-order valence-electron chi connectivity index (χ0n) is 11.8. The second kappa shape index (κ2) is 7.18. The zero-order chi connectivity index (χ0) is 13.7. The lowest BCUT2D eigenvalue weighted by Crippen LogP contribution is -2.23. The van der Waals surface area contributed by atoms with Gasteiger partial charge in [0.2, 0.25) is 0 Å². The zero-order valence-corrected chi connectivity index (χ0v) is 13.4. The molecule has 0 spiro atoms. The maximum absolute atomic E-state index is 6.25. The number of alkyl halides is 1. The number of halogens is 1. The van der Waals surface area contributed by atoms with Crippen molar-refractivity contribution in [3.63, 3.8) is 0 Å². The second-order valence-electron chi connectivity index (χ2n) is 5.31. The van der Waals surface area contributed by atoms with Crippen molar-refractivity contribution in [2.75, 3.05) is 6.61 Å². The molecule has 19 heavy (non-hydrogen) atoms. The lowest BCUT2D eigenvalue weighted by atomic mass is 9.89. The molecule has 1 aliphatic rings. The van der Waals surface area contributed by atoms with E-state index in [1.165, 1.54) is 18.4 Å². The van der Waals surface area contributed by atoms with E-state index in [-0.39, 0.29) is 0 Å². The normalized spacial score (nSPS) is 23.1. The standard InChI is InChI=1S/C16H23BrO2/c1-3-18-15-6-4-5-13(11-17)16(15)19-14-9-7-12(2)8-10-14/h4-6,12,14H,3,7-11H2,1-2H3. The Morgan fingerprint density at radius 3 is 2.58 bits per heavy atom. The molecular formula is C16H23BrO2. The van der Waals surface area contributed by atoms with Gasteiger partial charge in [-0.25, -0.2) is 0 Å². The Bertz CT molecular complexity index is 398. The number of para-hydroxylation sites is 1. The van der Waals surface area contributed by atoms with Crippen LogP contribution in [-0.4, -0.2) is 12.7 Å². The van der Waals surface area contributed by atoms with E-state index in [9.17, 15) is 0 Å².